The van der Waals surface area contributed by atoms with Gasteiger partial charge in [0, 0.05) is 18.4 Å². The van der Waals surface area contributed by atoms with Crippen LogP contribution in [-0.4, -0.2) is 53.1 Å². The molecule has 1 aliphatic rings. The van der Waals surface area contributed by atoms with Crippen molar-refractivity contribution in [2.24, 2.45) is 17.8 Å². The van der Waals surface area contributed by atoms with Crippen molar-refractivity contribution in [3.8, 4) is 0 Å². The zero-order valence-corrected chi connectivity index (χ0v) is 13.2. The molecule has 4 atom stereocenters. The smallest absolute Gasteiger partial charge is 0.408 e. The third kappa shape index (κ3) is 4.59. The minimum atomic E-state index is -1.32. The van der Waals surface area contributed by atoms with Gasteiger partial charge in [0.05, 0.1) is 12.5 Å². The fraction of sp³-hybridized carbons (Fsp3) is 0.786. The first-order valence-electron chi connectivity index (χ1n) is 7.12. The molecule has 0 radical (unpaired) electrons. The first-order chi connectivity index (χ1) is 10.1. The van der Waals surface area contributed by atoms with E-state index in [9.17, 15) is 24.6 Å². The number of aliphatic hydroxyl groups is 1. The zero-order chi connectivity index (χ0) is 17.1. The maximum Gasteiger partial charge on any atom is 0.408 e. The number of carbonyl (C=O) groups excluding carboxylic acids is 2. The van der Waals surface area contributed by atoms with Crippen LogP contribution in [0.15, 0.2) is 0 Å². The SMILES string of the molecule is CCOC(=O)C1C(CO)C1C(NC(=O)OC(C)(C)C)C(=O)O. The molecule has 1 saturated carbocycles. The van der Waals surface area contributed by atoms with Gasteiger partial charge in [-0.15, -0.1) is 0 Å². The summed E-state index contributed by atoms with van der Waals surface area (Å²) in [7, 11) is 0. The molecule has 22 heavy (non-hydrogen) atoms. The Balaban J connectivity index is 2.77. The Morgan fingerprint density at radius 2 is 1.86 bits per heavy atom. The quantitative estimate of drug-likeness (QED) is 0.605. The Morgan fingerprint density at radius 3 is 2.27 bits per heavy atom. The number of alkyl carbamates (subject to hydrolysis) is 1. The first-order valence-corrected chi connectivity index (χ1v) is 7.12. The lowest BCUT2D eigenvalue weighted by molar-refractivity contribution is -0.146. The number of esters is 1. The van der Waals surface area contributed by atoms with Gasteiger partial charge in [-0.3, -0.25) is 4.79 Å². The number of amides is 1. The van der Waals surface area contributed by atoms with Crippen LogP contribution >= 0.6 is 0 Å². The minimum absolute atomic E-state index is 0.164. The monoisotopic (exact) mass is 317 g/mol. The number of aliphatic carboxylic acids is 1. The molecule has 0 heterocycles. The van der Waals surface area contributed by atoms with Crippen molar-refractivity contribution in [2.75, 3.05) is 13.2 Å². The summed E-state index contributed by atoms with van der Waals surface area (Å²) in [5, 5.41) is 20.8. The van der Waals surface area contributed by atoms with Crippen LogP contribution in [-0.2, 0) is 19.1 Å². The molecular formula is C14H23NO7. The fourth-order valence-corrected chi connectivity index (χ4v) is 2.42. The van der Waals surface area contributed by atoms with Gasteiger partial charge in [-0.05, 0) is 27.7 Å². The molecule has 8 nitrogen and oxygen atoms in total. The van der Waals surface area contributed by atoms with Crippen LogP contribution < -0.4 is 5.32 Å². The molecule has 0 aliphatic heterocycles. The molecule has 0 spiro atoms. The average molecular weight is 317 g/mol. The Kier molecular flexibility index (Phi) is 5.76. The van der Waals surface area contributed by atoms with Crippen molar-refractivity contribution in [3.63, 3.8) is 0 Å². The number of carbonyl (C=O) groups is 3. The molecule has 0 bridgehead atoms. The highest BCUT2D eigenvalue weighted by Gasteiger charge is 2.61. The number of ether oxygens (including phenoxy) is 2. The van der Waals surface area contributed by atoms with Gasteiger partial charge in [-0.1, -0.05) is 0 Å². The number of hydrogen-bond acceptors (Lipinski definition) is 6. The zero-order valence-electron chi connectivity index (χ0n) is 13.2. The van der Waals surface area contributed by atoms with E-state index in [2.05, 4.69) is 5.32 Å². The fourth-order valence-electron chi connectivity index (χ4n) is 2.42. The number of carboxylic acids is 1. The molecule has 0 aromatic rings. The summed E-state index contributed by atoms with van der Waals surface area (Å²) in [5.41, 5.74) is -0.770. The van der Waals surface area contributed by atoms with Gasteiger partial charge >= 0.3 is 18.0 Å². The molecule has 0 saturated heterocycles. The van der Waals surface area contributed by atoms with E-state index in [-0.39, 0.29) is 13.2 Å². The predicted octanol–water partition coefficient (Wildman–Crippen LogP) is 0.382. The van der Waals surface area contributed by atoms with Gasteiger partial charge < -0.3 is 25.0 Å². The highest BCUT2D eigenvalue weighted by Crippen LogP contribution is 2.49. The molecule has 126 valence electrons. The third-order valence-electron chi connectivity index (χ3n) is 3.32. The maximum absolute atomic E-state index is 11.8. The van der Waals surface area contributed by atoms with Crippen LogP contribution in [0, 0.1) is 17.8 Å². The molecule has 0 aromatic heterocycles. The minimum Gasteiger partial charge on any atom is -0.480 e. The van der Waals surface area contributed by atoms with Gasteiger partial charge in [-0.2, -0.15) is 0 Å². The lowest BCUT2D eigenvalue weighted by Gasteiger charge is -2.22. The number of rotatable bonds is 6. The molecule has 1 aliphatic carbocycles. The molecule has 4 unspecified atom stereocenters. The number of aliphatic hydroxyl groups excluding tert-OH is 1. The van der Waals surface area contributed by atoms with E-state index in [1.807, 2.05) is 0 Å². The summed E-state index contributed by atoms with van der Waals surface area (Å²) in [4.78, 5) is 34.8. The second kappa shape index (κ2) is 6.95. The highest BCUT2D eigenvalue weighted by atomic mass is 16.6. The van der Waals surface area contributed by atoms with Crippen LogP contribution in [0.25, 0.3) is 0 Å². The molecule has 1 amide bonds. The van der Waals surface area contributed by atoms with Gasteiger partial charge in [0.1, 0.15) is 11.6 Å². The van der Waals surface area contributed by atoms with E-state index in [4.69, 9.17) is 9.47 Å². The molecule has 1 rings (SSSR count). The van der Waals surface area contributed by atoms with Gasteiger partial charge in [0.2, 0.25) is 0 Å². The summed E-state index contributed by atoms with van der Waals surface area (Å²) >= 11 is 0. The van der Waals surface area contributed by atoms with Crippen LogP contribution in [0.2, 0.25) is 0 Å². The van der Waals surface area contributed by atoms with Crippen LogP contribution in [0.3, 0.4) is 0 Å². The Bertz CT molecular complexity index is 443. The van der Waals surface area contributed by atoms with Crippen molar-refractivity contribution in [1.82, 2.24) is 5.32 Å². The average Bonchev–Trinajstić information content (AvgIpc) is 3.07. The molecule has 1 fully saturated rings. The topological polar surface area (TPSA) is 122 Å². The predicted molar refractivity (Wildman–Crippen MR) is 75.0 cm³/mol. The summed E-state index contributed by atoms with van der Waals surface area (Å²) in [6, 6.07) is -1.32. The number of nitrogens with one attached hydrogen (secondary N) is 1. The molecule has 0 aromatic carbocycles. The summed E-state index contributed by atoms with van der Waals surface area (Å²) < 4.78 is 9.87. The van der Waals surface area contributed by atoms with E-state index < -0.39 is 47.4 Å². The third-order valence-corrected chi connectivity index (χ3v) is 3.32. The summed E-state index contributed by atoms with van der Waals surface area (Å²) in [5.74, 6) is -3.85. The lowest BCUT2D eigenvalue weighted by atomic mass is 10.1. The highest BCUT2D eigenvalue weighted by molar-refractivity contribution is 5.84. The van der Waals surface area contributed by atoms with E-state index >= 15 is 0 Å². The van der Waals surface area contributed by atoms with E-state index in [0.29, 0.717) is 0 Å². The summed E-state index contributed by atoms with van der Waals surface area (Å²) in [6.45, 7) is 6.40. The first kappa shape index (κ1) is 18.2. The van der Waals surface area contributed by atoms with Crippen molar-refractivity contribution >= 4 is 18.0 Å². The second-order valence-corrected chi connectivity index (χ2v) is 6.16. The van der Waals surface area contributed by atoms with E-state index in [1.165, 1.54) is 0 Å². The maximum atomic E-state index is 11.8. The van der Waals surface area contributed by atoms with Gasteiger partial charge in [0.15, 0.2) is 0 Å². The molecule has 8 heteroatoms. The standard InChI is InChI=1S/C14H23NO7/c1-5-21-12(19)9-7(6-16)8(9)10(11(17)18)15-13(20)22-14(2,3)4/h7-10,16H,5-6H2,1-4H3,(H,15,20)(H,17,18). The Hall–Kier alpha value is -1.83. The van der Waals surface area contributed by atoms with Crippen molar-refractivity contribution < 1.29 is 34.1 Å². The van der Waals surface area contributed by atoms with E-state index in [1.54, 1.807) is 27.7 Å². The lowest BCUT2D eigenvalue weighted by Crippen LogP contribution is -2.45. The van der Waals surface area contributed by atoms with E-state index in [0.717, 1.165) is 0 Å². The van der Waals surface area contributed by atoms with Gasteiger partial charge in [-0.25, -0.2) is 9.59 Å². The Morgan fingerprint density at radius 1 is 1.27 bits per heavy atom. The van der Waals surface area contributed by atoms with Crippen molar-refractivity contribution in [2.45, 2.75) is 39.3 Å². The number of hydrogen-bond donors (Lipinski definition) is 3. The summed E-state index contributed by atoms with van der Waals surface area (Å²) in [6.07, 6.45) is -0.883. The Labute approximate surface area is 128 Å². The van der Waals surface area contributed by atoms with Crippen LogP contribution in [0.1, 0.15) is 27.7 Å². The number of carboxylic acid groups (broad SMARTS) is 1. The largest absolute Gasteiger partial charge is 0.480 e. The molecular weight excluding hydrogens is 294 g/mol. The second-order valence-electron chi connectivity index (χ2n) is 6.16. The van der Waals surface area contributed by atoms with Gasteiger partial charge in [0.25, 0.3) is 0 Å². The van der Waals surface area contributed by atoms with Crippen molar-refractivity contribution in [3.05, 3.63) is 0 Å². The normalized spacial score (nSPS) is 25.0. The van der Waals surface area contributed by atoms with Crippen LogP contribution in [0.5, 0.6) is 0 Å². The van der Waals surface area contributed by atoms with Crippen LogP contribution in [0.4, 0.5) is 4.79 Å². The molecule has 3 N–H and O–H groups in total. The van der Waals surface area contributed by atoms with Crippen molar-refractivity contribution in [1.29, 1.82) is 0 Å².